The van der Waals surface area contributed by atoms with Gasteiger partial charge >= 0.3 is 0 Å². The van der Waals surface area contributed by atoms with Gasteiger partial charge in [0.2, 0.25) is 5.91 Å². The number of hydrogen-bond acceptors (Lipinski definition) is 3. The lowest BCUT2D eigenvalue weighted by Gasteiger charge is -2.19. The molecule has 1 heterocycles. The number of benzene rings is 1. The van der Waals surface area contributed by atoms with Crippen molar-refractivity contribution in [3.63, 3.8) is 0 Å². The maximum Gasteiger partial charge on any atom is 0.251 e. The Balaban J connectivity index is 1.74. The fraction of sp³-hybridized carbons (Fsp3) is 0.467. The van der Waals surface area contributed by atoms with E-state index in [4.69, 9.17) is 0 Å². The van der Waals surface area contributed by atoms with E-state index in [2.05, 4.69) is 26.6 Å². The van der Waals surface area contributed by atoms with Crippen molar-refractivity contribution in [2.24, 2.45) is 0 Å². The molecule has 0 aromatic heterocycles. The Morgan fingerprint density at radius 1 is 1.19 bits per heavy atom. The Morgan fingerprint density at radius 3 is 2.71 bits per heavy atom. The summed E-state index contributed by atoms with van der Waals surface area (Å²) in [4.78, 5) is 25.8. The van der Waals surface area contributed by atoms with Gasteiger partial charge in [-0.05, 0) is 37.2 Å². The molecule has 1 fully saturated rings. The monoisotopic (exact) mass is 353 g/mol. The van der Waals surface area contributed by atoms with Crippen molar-refractivity contribution in [3.05, 3.63) is 34.3 Å². The second-order valence-electron chi connectivity index (χ2n) is 5.00. The topological polar surface area (TPSA) is 61.4 Å². The molecule has 21 heavy (non-hydrogen) atoms. The molecular weight excluding hydrogens is 334 g/mol. The van der Waals surface area contributed by atoms with E-state index in [9.17, 15) is 9.59 Å². The van der Waals surface area contributed by atoms with Crippen LogP contribution in [0.2, 0.25) is 0 Å². The quantitative estimate of drug-likeness (QED) is 0.859. The Labute approximate surface area is 133 Å². The van der Waals surface area contributed by atoms with Gasteiger partial charge in [-0.1, -0.05) is 15.9 Å². The van der Waals surface area contributed by atoms with Gasteiger partial charge in [-0.15, -0.1) is 0 Å². The van der Waals surface area contributed by atoms with E-state index in [1.54, 1.807) is 12.1 Å². The maximum absolute atomic E-state index is 12.1. The van der Waals surface area contributed by atoms with Crippen molar-refractivity contribution >= 4 is 27.7 Å². The van der Waals surface area contributed by atoms with E-state index in [1.165, 1.54) is 0 Å². The molecule has 1 aliphatic heterocycles. The Morgan fingerprint density at radius 2 is 1.95 bits per heavy atom. The molecule has 2 rings (SSSR count). The van der Waals surface area contributed by atoms with Crippen LogP contribution >= 0.6 is 15.9 Å². The van der Waals surface area contributed by atoms with Gasteiger partial charge in [0.1, 0.15) is 0 Å². The molecule has 5 nitrogen and oxygen atoms in total. The molecule has 1 aromatic carbocycles. The van der Waals surface area contributed by atoms with Crippen molar-refractivity contribution in [2.75, 3.05) is 32.7 Å². The van der Waals surface area contributed by atoms with E-state index in [1.807, 2.05) is 17.0 Å². The fourth-order valence-corrected chi connectivity index (χ4v) is 2.50. The van der Waals surface area contributed by atoms with Crippen LogP contribution in [0.3, 0.4) is 0 Å². The van der Waals surface area contributed by atoms with Crippen LogP contribution in [0.5, 0.6) is 0 Å². The van der Waals surface area contributed by atoms with E-state index in [0.717, 1.165) is 37.1 Å². The molecule has 1 aromatic rings. The number of nitrogens with one attached hydrogen (secondary N) is 2. The zero-order chi connectivity index (χ0) is 15.1. The molecule has 0 bridgehead atoms. The molecule has 0 atom stereocenters. The van der Waals surface area contributed by atoms with Gasteiger partial charge in [0.25, 0.3) is 5.91 Å². The summed E-state index contributed by atoms with van der Waals surface area (Å²) in [5, 5.41) is 6.05. The molecule has 1 aliphatic rings. The van der Waals surface area contributed by atoms with Gasteiger partial charge in [-0.25, -0.2) is 0 Å². The van der Waals surface area contributed by atoms with E-state index in [0.29, 0.717) is 18.5 Å². The summed E-state index contributed by atoms with van der Waals surface area (Å²) in [5.74, 6) is -0.0392. The highest BCUT2D eigenvalue weighted by atomic mass is 79.9. The van der Waals surface area contributed by atoms with Crippen molar-refractivity contribution in [1.29, 1.82) is 0 Å². The van der Waals surface area contributed by atoms with Gasteiger partial charge in [0.15, 0.2) is 0 Å². The molecule has 0 spiro atoms. The number of hydrogen-bond donors (Lipinski definition) is 2. The van der Waals surface area contributed by atoms with Crippen LogP contribution in [0.4, 0.5) is 0 Å². The fourth-order valence-electron chi connectivity index (χ4n) is 2.24. The highest BCUT2D eigenvalue weighted by Gasteiger charge is 2.15. The number of rotatable bonds is 4. The van der Waals surface area contributed by atoms with Crippen LogP contribution in [0.25, 0.3) is 0 Å². The lowest BCUT2D eigenvalue weighted by atomic mass is 10.2. The van der Waals surface area contributed by atoms with Crippen molar-refractivity contribution < 1.29 is 9.59 Å². The van der Waals surface area contributed by atoms with Crippen LogP contribution in [-0.4, -0.2) is 49.4 Å². The van der Waals surface area contributed by atoms with Crippen LogP contribution in [0.15, 0.2) is 28.7 Å². The van der Waals surface area contributed by atoms with Crippen molar-refractivity contribution in [1.82, 2.24) is 15.5 Å². The molecular formula is C15H20BrN3O2. The van der Waals surface area contributed by atoms with Crippen LogP contribution < -0.4 is 10.6 Å². The summed E-state index contributed by atoms with van der Waals surface area (Å²) in [7, 11) is 0. The number of carbonyl (C=O) groups is 2. The largest absolute Gasteiger partial charge is 0.352 e. The first kappa shape index (κ1) is 16.0. The second kappa shape index (κ2) is 8.14. The third-order valence-corrected chi connectivity index (χ3v) is 3.95. The van der Waals surface area contributed by atoms with E-state index >= 15 is 0 Å². The molecule has 2 amide bonds. The smallest absolute Gasteiger partial charge is 0.251 e. The van der Waals surface area contributed by atoms with Gasteiger partial charge in [-0.2, -0.15) is 0 Å². The highest BCUT2D eigenvalue weighted by molar-refractivity contribution is 9.10. The van der Waals surface area contributed by atoms with Crippen LogP contribution in [-0.2, 0) is 4.79 Å². The zero-order valence-electron chi connectivity index (χ0n) is 11.9. The average molecular weight is 354 g/mol. The summed E-state index contributed by atoms with van der Waals surface area (Å²) in [5.41, 5.74) is 0.602. The summed E-state index contributed by atoms with van der Waals surface area (Å²) in [6, 6.07) is 7.15. The normalized spacial score (nSPS) is 15.4. The minimum absolute atomic E-state index is 0.106. The summed E-state index contributed by atoms with van der Waals surface area (Å²) in [6.45, 7) is 3.73. The van der Waals surface area contributed by atoms with Crippen LogP contribution in [0, 0.1) is 0 Å². The predicted octanol–water partition coefficient (Wildman–Crippen LogP) is 1.39. The first-order valence-corrected chi connectivity index (χ1v) is 7.98. The number of halogens is 1. The minimum Gasteiger partial charge on any atom is -0.352 e. The minimum atomic E-state index is -0.146. The number of nitrogens with zero attached hydrogens (tertiary/aromatic N) is 1. The van der Waals surface area contributed by atoms with Crippen molar-refractivity contribution in [3.8, 4) is 0 Å². The first-order chi connectivity index (χ1) is 10.2. The summed E-state index contributed by atoms with van der Waals surface area (Å²) in [6.07, 6.45) is 1.33. The number of amides is 2. The van der Waals surface area contributed by atoms with Gasteiger partial charge in [-0.3, -0.25) is 9.59 Å². The Hall–Kier alpha value is -1.40. The Kier molecular flexibility index (Phi) is 6.20. The molecule has 114 valence electrons. The molecule has 6 heteroatoms. The van der Waals surface area contributed by atoms with Crippen molar-refractivity contribution in [2.45, 2.75) is 12.8 Å². The molecule has 0 saturated carbocycles. The van der Waals surface area contributed by atoms with E-state index in [-0.39, 0.29) is 11.8 Å². The lowest BCUT2D eigenvalue weighted by molar-refractivity contribution is -0.130. The molecule has 1 saturated heterocycles. The third-order valence-electron chi connectivity index (χ3n) is 3.42. The predicted molar refractivity (Wildman–Crippen MR) is 85.2 cm³/mol. The van der Waals surface area contributed by atoms with Gasteiger partial charge in [0, 0.05) is 42.6 Å². The second-order valence-corrected chi connectivity index (χ2v) is 5.91. The lowest BCUT2D eigenvalue weighted by Crippen LogP contribution is -2.36. The molecule has 0 unspecified atom stereocenters. The van der Waals surface area contributed by atoms with Gasteiger partial charge in [0.05, 0.1) is 0 Å². The molecule has 2 N–H and O–H groups in total. The average Bonchev–Trinajstić information content (AvgIpc) is 2.77. The van der Waals surface area contributed by atoms with E-state index < -0.39 is 0 Å². The highest BCUT2D eigenvalue weighted by Crippen LogP contribution is 2.10. The molecule has 0 radical (unpaired) electrons. The summed E-state index contributed by atoms with van der Waals surface area (Å²) >= 11 is 3.33. The van der Waals surface area contributed by atoms with Gasteiger partial charge < -0.3 is 15.5 Å². The Bertz CT molecular complexity index is 482. The van der Waals surface area contributed by atoms with Crippen LogP contribution in [0.1, 0.15) is 23.2 Å². The first-order valence-electron chi connectivity index (χ1n) is 7.19. The SMILES string of the molecule is O=C(NCCC(=O)N1CCCNCC1)c1ccc(Br)cc1. The maximum atomic E-state index is 12.1. The molecule has 0 aliphatic carbocycles. The zero-order valence-corrected chi connectivity index (χ0v) is 13.5. The summed E-state index contributed by atoms with van der Waals surface area (Å²) < 4.78 is 0.934. The number of carbonyl (C=O) groups excluding carboxylic acids is 2. The third kappa shape index (κ3) is 5.13. The standard InChI is InChI=1S/C15H20BrN3O2/c16-13-4-2-12(3-5-13)15(21)18-8-6-14(20)19-10-1-7-17-9-11-19/h2-5,17H,1,6-11H2,(H,18,21).